The van der Waals surface area contributed by atoms with Gasteiger partial charge in [-0.2, -0.15) is 0 Å². The van der Waals surface area contributed by atoms with E-state index in [1.807, 2.05) is 19.2 Å². The first-order valence-corrected chi connectivity index (χ1v) is 8.19. The van der Waals surface area contributed by atoms with Gasteiger partial charge < -0.3 is 19.7 Å². The Kier molecular flexibility index (Phi) is 6.53. The smallest absolute Gasteiger partial charge is 0.318 e. The van der Waals surface area contributed by atoms with E-state index in [0.717, 1.165) is 11.3 Å². The molecule has 27 heavy (non-hydrogen) atoms. The Bertz CT molecular complexity index is 809. The zero-order valence-electron chi connectivity index (χ0n) is 15.3. The quantitative estimate of drug-likeness (QED) is 0.701. The maximum Gasteiger partial charge on any atom is 0.318 e. The Hall–Kier alpha value is -3.36. The van der Waals surface area contributed by atoms with Crippen molar-refractivity contribution < 1.29 is 28.4 Å². The van der Waals surface area contributed by atoms with Crippen LogP contribution in [-0.4, -0.2) is 29.2 Å². The molecule has 0 aliphatic rings. The van der Waals surface area contributed by atoms with Crippen molar-refractivity contribution in [1.29, 1.82) is 0 Å². The second kappa shape index (κ2) is 8.84. The van der Waals surface area contributed by atoms with E-state index in [-0.39, 0.29) is 6.42 Å². The number of aryl methyl sites for hydroxylation is 2. The van der Waals surface area contributed by atoms with Gasteiger partial charge in [-0.05, 0) is 38.5 Å². The number of hydrogen-bond donors (Lipinski definition) is 2. The molecule has 0 aliphatic carbocycles. The van der Waals surface area contributed by atoms with Gasteiger partial charge in [0.15, 0.2) is 6.10 Å². The van der Waals surface area contributed by atoms with Crippen molar-refractivity contribution in [1.82, 2.24) is 10.5 Å². The van der Waals surface area contributed by atoms with Gasteiger partial charge in [0.05, 0.1) is 17.7 Å². The van der Waals surface area contributed by atoms with Crippen molar-refractivity contribution in [3.05, 3.63) is 46.8 Å². The van der Waals surface area contributed by atoms with E-state index < -0.39 is 24.0 Å². The Labute approximate surface area is 155 Å². The van der Waals surface area contributed by atoms with Crippen LogP contribution >= 0.6 is 0 Å². The number of aromatic nitrogens is 1. The van der Waals surface area contributed by atoms with Gasteiger partial charge in [-0.1, -0.05) is 17.3 Å². The predicted octanol–water partition coefficient (Wildman–Crippen LogP) is 1.54. The molecule has 3 amide bonds. The van der Waals surface area contributed by atoms with Crippen LogP contribution in [0.1, 0.15) is 29.5 Å². The second-order valence-corrected chi connectivity index (χ2v) is 5.90. The molecule has 0 aliphatic heterocycles. The number of urea groups is 1. The summed E-state index contributed by atoms with van der Waals surface area (Å²) in [6.45, 7) is 5.34. The van der Waals surface area contributed by atoms with Gasteiger partial charge in [-0.25, -0.2) is 4.79 Å². The summed E-state index contributed by atoms with van der Waals surface area (Å²) in [4.78, 5) is 34.0. The molecule has 1 heterocycles. The lowest BCUT2D eigenvalue weighted by atomic mass is 10.1. The first-order valence-electron chi connectivity index (χ1n) is 8.19. The van der Waals surface area contributed by atoms with Gasteiger partial charge in [-0.3, -0.25) is 14.9 Å². The van der Waals surface area contributed by atoms with Crippen LogP contribution < -0.4 is 15.8 Å². The summed E-state index contributed by atoms with van der Waals surface area (Å²) in [6, 6.07) is 5.89. The Morgan fingerprint density at radius 2 is 1.89 bits per heavy atom. The Balaban J connectivity index is 1.85. The number of hydrogen-bond acceptors (Lipinski definition) is 7. The number of imide groups is 1. The van der Waals surface area contributed by atoms with Crippen molar-refractivity contribution in [3.8, 4) is 5.75 Å². The number of benzene rings is 1. The minimum absolute atomic E-state index is 0.0294. The number of nitrogens with zero attached hydrogens (tertiary/aromatic N) is 1. The molecule has 1 aromatic heterocycles. The van der Waals surface area contributed by atoms with E-state index >= 15 is 0 Å². The molecule has 3 N–H and O–H groups in total. The molecule has 2 aromatic rings. The summed E-state index contributed by atoms with van der Waals surface area (Å²) in [5.74, 6) is -0.0480. The van der Waals surface area contributed by atoms with Gasteiger partial charge in [0, 0.05) is 0 Å². The fraction of sp³-hybridized carbons (Fsp3) is 0.333. The zero-order valence-corrected chi connectivity index (χ0v) is 15.3. The summed E-state index contributed by atoms with van der Waals surface area (Å²) in [6.07, 6.45) is -1.15. The van der Waals surface area contributed by atoms with E-state index in [2.05, 4.69) is 5.16 Å². The van der Waals surface area contributed by atoms with Gasteiger partial charge in [-0.15, -0.1) is 0 Å². The lowest BCUT2D eigenvalue weighted by Gasteiger charge is -2.12. The first-order chi connectivity index (χ1) is 12.8. The van der Waals surface area contributed by atoms with Crippen molar-refractivity contribution in [2.75, 3.05) is 0 Å². The minimum Gasteiger partial charge on any atom is -0.489 e. The van der Waals surface area contributed by atoms with Crippen molar-refractivity contribution in [2.45, 2.75) is 39.9 Å². The molecular formula is C18H21N3O6. The van der Waals surface area contributed by atoms with Crippen LogP contribution in [0, 0.1) is 13.8 Å². The summed E-state index contributed by atoms with van der Waals surface area (Å²) in [7, 11) is 0. The number of amides is 3. The fourth-order valence-electron chi connectivity index (χ4n) is 2.25. The molecule has 0 bridgehead atoms. The van der Waals surface area contributed by atoms with Gasteiger partial charge >= 0.3 is 12.0 Å². The highest BCUT2D eigenvalue weighted by Gasteiger charge is 2.19. The summed E-state index contributed by atoms with van der Waals surface area (Å²) in [5, 5.41) is 5.71. The molecule has 0 unspecified atom stereocenters. The number of nitrogens with one attached hydrogen (secondary N) is 1. The number of rotatable bonds is 7. The molecule has 9 heteroatoms. The van der Waals surface area contributed by atoms with Crippen LogP contribution in [-0.2, 0) is 27.4 Å². The average molecular weight is 375 g/mol. The molecule has 0 spiro atoms. The molecule has 0 fully saturated rings. The van der Waals surface area contributed by atoms with Crippen molar-refractivity contribution in [2.24, 2.45) is 5.73 Å². The van der Waals surface area contributed by atoms with Crippen LogP contribution in [0.2, 0.25) is 0 Å². The number of ether oxygens (including phenoxy) is 2. The molecule has 9 nitrogen and oxygen atoms in total. The highest BCUT2D eigenvalue weighted by molar-refractivity contribution is 5.96. The van der Waals surface area contributed by atoms with Gasteiger partial charge in [0.1, 0.15) is 18.1 Å². The standard InChI is InChI=1S/C18H21N3O6/c1-10-15(11(2)27-21-10)9-25-14-6-4-13(5-7-14)8-16(22)26-12(3)17(23)20-18(19)24/h4-7,12H,8-9H2,1-3H3,(H3,19,20,23,24)/t12-/m1/s1. The maximum atomic E-state index is 11.9. The lowest BCUT2D eigenvalue weighted by Crippen LogP contribution is -2.42. The number of primary amides is 1. The van der Waals surface area contributed by atoms with Gasteiger partial charge in [0.2, 0.25) is 0 Å². The van der Waals surface area contributed by atoms with Crippen LogP contribution in [0.5, 0.6) is 5.75 Å². The van der Waals surface area contributed by atoms with Crippen LogP contribution in [0.3, 0.4) is 0 Å². The first kappa shape index (κ1) is 20.0. The van der Waals surface area contributed by atoms with Crippen molar-refractivity contribution in [3.63, 3.8) is 0 Å². The molecule has 0 saturated heterocycles. The predicted molar refractivity (Wildman–Crippen MR) is 93.7 cm³/mol. The Morgan fingerprint density at radius 1 is 1.22 bits per heavy atom. The molecular weight excluding hydrogens is 354 g/mol. The zero-order chi connectivity index (χ0) is 20.0. The monoisotopic (exact) mass is 375 g/mol. The highest BCUT2D eigenvalue weighted by Crippen LogP contribution is 2.18. The third-order valence-electron chi connectivity index (χ3n) is 3.76. The molecule has 0 radical (unpaired) electrons. The van der Waals surface area contributed by atoms with Crippen LogP contribution in [0.25, 0.3) is 0 Å². The number of carbonyl (C=O) groups is 3. The lowest BCUT2D eigenvalue weighted by molar-refractivity contribution is -0.153. The SMILES string of the molecule is Cc1noc(C)c1COc1ccc(CC(=O)O[C@H](C)C(=O)NC(N)=O)cc1. The number of esters is 1. The highest BCUT2D eigenvalue weighted by atomic mass is 16.5. The summed E-state index contributed by atoms with van der Waals surface area (Å²) >= 11 is 0. The van der Waals surface area contributed by atoms with Crippen LogP contribution in [0.4, 0.5) is 4.79 Å². The van der Waals surface area contributed by atoms with E-state index in [0.29, 0.717) is 23.7 Å². The molecule has 1 aromatic carbocycles. The number of nitrogens with two attached hydrogens (primary N) is 1. The van der Waals surface area contributed by atoms with E-state index in [1.165, 1.54) is 6.92 Å². The summed E-state index contributed by atoms with van der Waals surface area (Å²) in [5.41, 5.74) is 7.20. The minimum atomic E-state index is -1.12. The van der Waals surface area contributed by atoms with Crippen LogP contribution in [0.15, 0.2) is 28.8 Å². The van der Waals surface area contributed by atoms with E-state index in [4.69, 9.17) is 19.7 Å². The maximum absolute atomic E-state index is 11.9. The Morgan fingerprint density at radius 3 is 2.44 bits per heavy atom. The van der Waals surface area contributed by atoms with E-state index in [9.17, 15) is 14.4 Å². The number of carbonyl (C=O) groups excluding carboxylic acids is 3. The molecule has 1 atom stereocenters. The molecule has 144 valence electrons. The summed E-state index contributed by atoms with van der Waals surface area (Å²) < 4.78 is 15.7. The van der Waals surface area contributed by atoms with Gasteiger partial charge in [0.25, 0.3) is 5.91 Å². The van der Waals surface area contributed by atoms with Crippen molar-refractivity contribution >= 4 is 17.9 Å². The third kappa shape index (κ3) is 5.84. The second-order valence-electron chi connectivity index (χ2n) is 5.90. The third-order valence-corrected chi connectivity index (χ3v) is 3.76. The topological polar surface area (TPSA) is 134 Å². The molecule has 2 rings (SSSR count). The molecule has 0 saturated carbocycles. The average Bonchev–Trinajstić information content (AvgIpc) is 2.91. The largest absolute Gasteiger partial charge is 0.489 e. The fourth-order valence-corrected chi connectivity index (χ4v) is 2.25. The van der Waals surface area contributed by atoms with E-state index in [1.54, 1.807) is 24.3 Å². The normalized spacial score (nSPS) is 11.5.